The predicted molar refractivity (Wildman–Crippen MR) is 76.3 cm³/mol. The van der Waals surface area contributed by atoms with Crippen molar-refractivity contribution in [2.45, 2.75) is 39.0 Å². The van der Waals surface area contributed by atoms with Crippen molar-refractivity contribution in [2.75, 3.05) is 26.2 Å². The van der Waals surface area contributed by atoms with Gasteiger partial charge in [0.1, 0.15) is 12.4 Å². The van der Waals surface area contributed by atoms with Crippen molar-refractivity contribution in [3.05, 3.63) is 29.8 Å². The first-order chi connectivity index (χ1) is 8.75. The second-order valence-electron chi connectivity index (χ2n) is 5.48. The zero-order chi connectivity index (χ0) is 12.8. The Morgan fingerprint density at radius 3 is 2.67 bits per heavy atom. The Bertz CT molecular complexity index is 356. The second kappa shape index (κ2) is 6.79. The number of rotatable bonds is 5. The van der Waals surface area contributed by atoms with Crippen LogP contribution in [0.5, 0.6) is 5.75 Å². The van der Waals surface area contributed by atoms with Crippen LogP contribution in [0.15, 0.2) is 24.3 Å². The summed E-state index contributed by atoms with van der Waals surface area (Å²) < 4.78 is 5.86. The van der Waals surface area contributed by atoms with Crippen molar-refractivity contribution in [3.8, 4) is 5.75 Å². The molecule has 18 heavy (non-hydrogen) atoms. The molecule has 0 N–H and O–H groups in total. The molecule has 2 heteroatoms. The van der Waals surface area contributed by atoms with Crippen LogP contribution in [0, 0.1) is 0 Å². The van der Waals surface area contributed by atoms with Crippen LogP contribution in [-0.2, 0) is 0 Å². The summed E-state index contributed by atoms with van der Waals surface area (Å²) in [7, 11) is 0. The second-order valence-corrected chi connectivity index (χ2v) is 5.48. The molecule has 0 spiro atoms. The normalized spacial score (nSPS) is 17.1. The van der Waals surface area contributed by atoms with Crippen molar-refractivity contribution in [2.24, 2.45) is 0 Å². The molecule has 1 fully saturated rings. The maximum Gasteiger partial charge on any atom is 0.119 e. The Hall–Kier alpha value is -1.02. The summed E-state index contributed by atoms with van der Waals surface area (Å²) in [4.78, 5) is 2.51. The fourth-order valence-corrected chi connectivity index (χ4v) is 2.44. The minimum atomic E-state index is 0.565. The van der Waals surface area contributed by atoms with E-state index < -0.39 is 0 Å². The van der Waals surface area contributed by atoms with E-state index in [-0.39, 0.29) is 0 Å². The lowest BCUT2D eigenvalue weighted by Gasteiger charge is -2.26. The molecule has 0 amide bonds. The highest BCUT2D eigenvalue weighted by Crippen LogP contribution is 2.20. The molecule has 0 aliphatic carbocycles. The zero-order valence-electron chi connectivity index (χ0n) is 11.7. The third-order valence-electron chi connectivity index (χ3n) is 3.65. The van der Waals surface area contributed by atoms with E-state index in [1.807, 2.05) is 0 Å². The minimum Gasteiger partial charge on any atom is -0.492 e. The Labute approximate surface area is 111 Å². The van der Waals surface area contributed by atoms with Gasteiger partial charge in [0.25, 0.3) is 0 Å². The van der Waals surface area contributed by atoms with Crippen LogP contribution < -0.4 is 4.74 Å². The lowest BCUT2D eigenvalue weighted by Crippen LogP contribution is -2.33. The summed E-state index contributed by atoms with van der Waals surface area (Å²) in [5, 5.41) is 0. The van der Waals surface area contributed by atoms with Gasteiger partial charge in [0, 0.05) is 6.54 Å². The molecule has 0 unspecified atom stereocenters. The summed E-state index contributed by atoms with van der Waals surface area (Å²) >= 11 is 0. The Kier molecular flexibility index (Phi) is 5.06. The summed E-state index contributed by atoms with van der Waals surface area (Å²) in [6, 6.07) is 8.48. The first-order valence-electron chi connectivity index (χ1n) is 7.21. The van der Waals surface area contributed by atoms with Gasteiger partial charge in [-0.25, -0.2) is 0 Å². The number of nitrogens with zero attached hydrogens (tertiary/aromatic N) is 1. The number of ether oxygens (including phenoxy) is 1. The average Bonchev–Trinajstić information content (AvgIpc) is 2.40. The first kappa shape index (κ1) is 13.4. The number of hydrogen-bond acceptors (Lipinski definition) is 2. The maximum absolute atomic E-state index is 5.86. The molecule has 0 bridgehead atoms. The van der Waals surface area contributed by atoms with Crippen LogP contribution in [0.1, 0.15) is 44.6 Å². The van der Waals surface area contributed by atoms with Crippen LogP contribution in [0.4, 0.5) is 0 Å². The molecule has 1 aromatic rings. The van der Waals surface area contributed by atoms with Gasteiger partial charge in [-0.1, -0.05) is 32.4 Å². The van der Waals surface area contributed by atoms with Gasteiger partial charge in [-0.05, 0) is 49.5 Å². The standard InChI is InChI=1S/C16H25NO/c1-14(2)15-7-6-8-16(13-15)18-12-11-17-9-4-3-5-10-17/h6-8,13-14H,3-5,9-12H2,1-2H3. The van der Waals surface area contributed by atoms with Gasteiger partial charge in [0.15, 0.2) is 0 Å². The average molecular weight is 247 g/mol. The van der Waals surface area contributed by atoms with E-state index in [9.17, 15) is 0 Å². The summed E-state index contributed by atoms with van der Waals surface area (Å²) in [6.45, 7) is 8.79. The van der Waals surface area contributed by atoms with Crippen molar-refractivity contribution in [3.63, 3.8) is 0 Å². The summed E-state index contributed by atoms with van der Waals surface area (Å²) in [6.07, 6.45) is 4.10. The maximum atomic E-state index is 5.86. The molecule has 0 aromatic heterocycles. The van der Waals surface area contributed by atoms with E-state index in [0.29, 0.717) is 5.92 Å². The zero-order valence-corrected chi connectivity index (χ0v) is 11.7. The predicted octanol–water partition coefficient (Wildman–Crippen LogP) is 3.67. The highest BCUT2D eigenvalue weighted by molar-refractivity contribution is 5.30. The highest BCUT2D eigenvalue weighted by Gasteiger charge is 2.09. The highest BCUT2D eigenvalue weighted by atomic mass is 16.5. The summed E-state index contributed by atoms with van der Waals surface area (Å²) in [5.41, 5.74) is 1.35. The monoisotopic (exact) mass is 247 g/mol. The van der Waals surface area contributed by atoms with Crippen molar-refractivity contribution in [1.82, 2.24) is 4.90 Å². The van der Waals surface area contributed by atoms with Crippen molar-refractivity contribution < 1.29 is 4.74 Å². The molecule has 2 rings (SSSR count). The minimum absolute atomic E-state index is 0.565. The molecule has 1 aliphatic rings. The van der Waals surface area contributed by atoms with E-state index in [1.165, 1.54) is 37.9 Å². The Balaban J connectivity index is 1.77. The molecule has 0 saturated carbocycles. The molecular formula is C16H25NO. The van der Waals surface area contributed by atoms with Gasteiger partial charge in [0.2, 0.25) is 0 Å². The van der Waals surface area contributed by atoms with Crippen molar-refractivity contribution >= 4 is 0 Å². The van der Waals surface area contributed by atoms with Gasteiger partial charge in [-0.3, -0.25) is 4.90 Å². The van der Waals surface area contributed by atoms with Crippen LogP contribution >= 0.6 is 0 Å². The topological polar surface area (TPSA) is 12.5 Å². The molecule has 0 radical (unpaired) electrons. The van der Waals surface area contributed by atoms with E-state index >= 15 is 0 Å². The first-order valence-corrected chi connectivity index (χ1v) is 7.21. The molecule has 1 aromatic carbocycles. The fourth-order valence-electron chi connectivity index (χ4n) is 2.44. The quantitative estimate of drug-likeness (QED) is 0.787. The van der Waals surface area contributed by atoms with E-state index in [0.717, 1.165) is 18.9 Å². The SMILES string of the molecule is CC(C)c1cccc(OCCN2CCCCC2)c1. The lowest BCUT2D eigenvalue weighted by molar-refractivity contribution is 0.183. The molecule has 0 atom stereocenters. The van der Waals surface area contributed by atoms with Gasteiger partial charge in [-0.2, -0.15) is 0 Å². The smallest absolute Gasteiger partial charge is 0.119 e. The molecule has 1 heterocycles. The van der Waals surface area contributed by atoms with Crippen LogP contribution in [0.25, 0.3) is 0 Å². The van der Waals surface area contributed by atoms with E-state index in [2.05, 4.69) is 43.0 Å². The number of likely N-dealkylation sites (tertiary alicyclic amines) is 1. The summed E-state index contributed by atoms with van der Waals surface area (Å²) in [5.74, 6) is 1.58. The fraction of sp³-hybridized carbons (Fsp3) is 0.625. The van der Waals surface area contributed by atoms with Crippen LogP contribution in [-0.4, -0.2) is 31.1 Å². The van der Waals surface area contributed by atoms with E-state index in [4.69, 9.17) is 4.74 Å². The van der Waals surface area contributed by atoms with Crippen LogP contribution in [0.2, 0.25) is 0 Å². The van der Waals surface area contributed by atoms with Gasteiger partial charge in [0.05, 0.1) is 0 Å². The third kappa shape index (κ3) is 4.02. The van der Waals surface area contributed by atoms with Crippen molar-refractivity contribution in [1.29, 1.82) is 0 Å². The lowest BCUT2D eigenvalue weighted by atomic mass is 10.0. The number of hydrogen-bond donors (Lipinski definition) is 0. The molecular weight excluding hydrogens is 222 g/mol. The Morgan fingerprint density at radius 2 is 1.94 bits per heavy atom. The molecule has 2 nitrogen and oxygen atoms in total. The van der Waals surface area contributed by atoms with Gasteiger partial charge >= 0.3 is 0 Å². The van der Waals surface area contributed by atoms with Gasteiger partial charge in [-0.15, -0.1) is 0 Å². The largest absolute Gasteiger partial charge is 0.492 e. The van der Waals surface area contributed by atoms with Crippen LogP contribution in [0.3, 0.4) is 0 Å². The number of benzene rings is 1. The van der Waals surface area contributed by atoms with Gasteiger partial charge < -0.3 is 4.74 Å². The molecule has 100 valence electrons. The molecule has 1 aliphatic heterocycles. The number of piperidine rings is 1. The Morgan fingerprint density at radius 1 is 1.17 bits per heavy atom. The van der Waals surface area contributed by atoms with E-state index in [1.54, 1.807) is 0 Å². The molecule has 1 saturated heterocycles. The third-order valence-corrected chi connectivity index (χ3v) is 3.65.